The third-order valence-electron chi connectivity index (χ3n) is 4.66. The molecule has 1 aromatic carbocycles. The number of ether oxygens (including phenoxy) is 1. The van der Waals surface area contributed by atoms with Crippen molar-refractivity contribution in [1.82, 2.24) is 15.1 Å². The second kappa shape index (κ2) is 7.70. The molecular formula is C19H26N4O2. The fraction of sp³-hybridized carbons (Fsp3) is 0.474. The Labute approximate surface area is 148 Å². The number of carbonyl (C=O) groups is 1. The van der Waals surface area contributed by atoms with Gasteiger partial charge in [-0.3, -0.25) is 4.79 Å². The third-order valence-corrected chi connectivity index (χ3v) is 4.66. The molecule has 1 aromatic heterocycles. The van der Waals surface area contributed by atoms with E-state index in [1.165, 1.54) is 0 Å². The average Bonchev–Trinajstić information content (AvgIpc) is 2.88. The summed E-state index contributed by atoms with van der Waals surface area (Å²) in [7, 11) is 3.55. The molecule has 1 aliphatic rings. The first-order chi connectivity index (χ1) is 12.1. The van der Waals surface area contributed by atoms with Gasteiger partial charge in [0.1, 0.15) is 0 Å². The van der Waals surface area contributed by atoms with E-state index in [9.17, 15) is 4.79 Å². The molecule has 2 aromatic rings. The van der Waals surface area contributed by atoms with Crippen LogP contribution in [-0.4, -0.2) is 29.3 Å². The van der Waals surface area contributed by atoms with Gasteiger partial charge >= 0.3 is 0 Å². The normalized spacial score (nSPS) is 14.8. The van der Waals surface area contributed by atoms with E-state index >= 15 is 0 Å². The summed E-state index contributed by atoms with van der Waals surface area (Å²) in [6.07, 6.45) is 2.74. The van der Waals surface area contributed by atoms with Crippen LogP contribution in [0.15, 0.2) is 24.3 Å². The number of hydrogen-bond donors (Lipinski definition) is 1. The summed E-state index contributed by atoms with van der Waals surface area (Å²) in [5.41, 5.74) is 4.21. The highest BCUT2D eigenvalue weighted by molar-refractivity contribution is 5.94. The summed E-state index contributed by atoms with van der Waals surface area (Å²) < 4.78 is 7.19. The predicted molar refractivity (Wildman–Crippen MR) is 97.7 cm³/mol. The van der Waals surface area contributed by atoms with Crippen molar-refractivity contribution in [2.45, 2.75) is 39.3 Å². The Kier molecular flexibility index (Phi) is 5.38. The lowest BCUT2D eigenvalue weighted by Gasteiger charge is -2.27. The van der Waals surface area contributed by atoms with E-state index in [2.05, 4.69) is 22.5 Å². The molecule has 1 fully saturated rings. The molecule has 2 heterocycles. The Bertz CT molecular complexity index is 754. The number of anilines is 1. The Balaban J connectivity index is 1.64. The highest BCUT2D eigenvalue weighted by atomic mass is 16.5. The first kappa shape index (κ1) is 17.5. The molecule has 0 atom stereocenters. The van der Waals surface area contributed by atoms with Crippen LogP contribution >= 0.6 is 0 Å². The average molecular weight is 342 g/mol. The fourth-order valence-corrected chi connectivity index (χ4v) is 3.38. The van der Waals surface area contributed by atoms with Crippen LogP contribution in [0.5, 0.6) is 5.88 Å². The molecule has 0 saturated carbocycles. The van der Waals surface area contributed by atoms with Gasteiger partial charge in [-0.1, -0.05) is 12.1 Å². The maximum atomic E-state index is 12.1. The van der Waals surface area contributed by atoms with Crippen LogP contribution < -0.4 is 15.0 Å². The summed E-state index contributed by atoms with van der Waals surface area (Å²) >= 11 is 0. The molecule has 1 aliphatic heterocycles. The van der Waals surface area contributed by atoms with E-state index in [-0.39, 0.29) is 5.91 Å². The number of benzene rings is 1. The van der Waals surface area contributed by atoms with Gasteiger partial charge in [0.25, 0.3) is 0 Å². The molecule has 1 saturated heterocycles. The van der Waals surface area contributed by atoms with Crippen molar-refractivity contribution in [2.24, 2.45) is 7.05 Å². The number of piperidine rings is 1. The summed E-state index contributed by atoms with van der Waals surface area (Å²) in [5, 5.41) is 7.85. The van der Waals surface area contributed by atoms with Crippen LogP contribution in [0.1, 0.15) is 36.1 Å². The van der Waals surface area contributed by atoms with Gasteiger partial charge in [0.15, 0.2) is 0 Å². The smallest absolute Gasteiger partial charge is 0.226 e. The minimum absolute atomic E-state index is 0.229. The topological polar surface area (TPSA) is 59.4 Å². The minimum Gasteiger partial charge on any atom is -0.481 e. The van der Waals surface area contributed by atoms with E-state index in [4.69, 9.17) is 4.74 Å². The lowest BCUT2D eigenvalue weighted by atomic mass is 10.1. The van der Waals surface area contributed by atoms with Gasteiger partial charge in [0.05, 0.1) is 18.4 Å². The van der Waals surface area contributed by atoms with Gasteiger partial charge in [-0.25, -0.2) is 4.68 Å². The maximum absolute atomic E-state index is 12.1. The van der Waals surface area contributed by atoms with Crippen LogP contribution in [0.2, 0.25) is 0 Å². The van der Waals surface area contributed by atoms with Gasteiger partial charge in [-0.15, -0.1) is 0 Å². The predicted octanol–water partition coefficient (Wildman–Crippen LogP) is 2.54. The molecule has 0 unspecified atom stereocenters. The molecule has 3 rings (SSSR count). The molecule has 6 heteroatoms. The second-order valence-corrected chi connectivity index (χ2v) is 6.47. The lowest BCUT2D eigenvalue weighted by Crippen LogP contribution is -2.35. The molecule has 1 N–H and O–H groups in total. The highest BCUT2D eigenvalue weighted by Gasteiger charge is 2.19. The zero-order valence-corrected chi connectivity index (χ0v) is 15.2. The Morgan fingerprint density at radius 1 is 1.28 bits per heavy atom. The van der Waals surface area contributed by atoms with Gasteiger partial charge in [0, 0.05) is 38.8 Å². The van der Waals surface area contributed by atoms with Gasteiger partial charge in [0.2, 0.25) is 11.8 Å². The number of rotatable bonds is 6. The summed E-state index contributed by atoms with van der Waals surface area (Å²) in [6.45, 7) is 4.23. The van der Waals surface area contributed by atoms with Crippen molar-refractivity contribution in [1.29, 1.82) is 0 Å². The van der Waals surface area contributed by atoms with Crippen molar-refractivity contribution in [2.75, 3.05) is 18.6 Å². The number of aryl methyl sites for hydroxylation is 2. The summed E-state index contributed by atoms with van der Waals surface area (Å²) in [4.78, 5) is 14.0. The summed E-state index contributed by atoms with van der Waals surface area (Å²) in [5.74, 6) is 1.02. The van der Waals surface area contributed by atoms with Crippen LogP contribution in [-0.2, 0) is 24.9 Å². The van der Waals surface area contributed by atoms with Crippen LogP contribution in [0.25, 0.3) is 0 Å². The van der Waals surface area contributed by atoms with E-state index in [0.29, 0.717) is 13.0 Å². The lowest BCUT2D eigenvalue weighted by molar-refractivity contribution is -0.119. The number of hydrogen-bond acceptors (Lipinski definition) is 4. The minimum atomic E-state index is 0.229. The first-order valence-electron chi connectivity index (χ1n) is 8.76. The van der Waals surface area contributed by atoms with Crippen molar-refractivity contribution in [3.8, 4) is 5.88 Å². The Morgan fingerprint density at radius 2 is 2.12 bits per heavy atom. The van der Waals surface area contributed by atoms with Crippen molar-refractivity contribution in [3.05, 3.63) is 41.1 Å². The molecule has 0 spiro atoms. The molecule has 1 amide bonds. The fourth-order valence-electron chi connectivity index (χ4n) is 3.38. The molecule has 6 nitrogen and oxygen atoms in total. The van der Waals surface area contributed by atoms with Crippen LogP contribution in [0, 0.1) is 6.92 Å². The SMILES string of the molecule is COc1c(CNCc2cccc(N3CCCCC3=O)c2)c(C)nn1C. The second-order valence-electron chi connectivity index (χ2n) is 6.47. The Hall–Kier alpha value is -2.34. The van der Waals surface area contributed by atoms with Gasteiger partial charge < -0.3 is 15.0 Å². The van der Waals surface area contributed by atoms with Gasteiger partial charge in [-0.2, -0.15) is 5.10 Å². The van der Waals surface area contributed by atoms with Crippen molar-refractivity contribution < 1.29 is 9.53 Å². The summed E-state index contributed by atoms with van der Waals surface area (Å²) in [6, 6.07) is 8.22. The molecule has 0 aliphatic carbocycles. The Morgan fingerprint density at radius 3 is 2.88 bits per heavy atom. The van der Waals surface area contributed by atoms with Crippen LogP contribution in [0.4, 0.5) is 5.69 Å². The molecule has 134 valence electrons. The number of aromatic nitrogens is 2. The van der Waals surface area contributed by atoms with Gasteiger partial charge in [-0.05, 0) is 37.5 Å². The third kappa shape index (κ3) is 3.85. The number of nitrogens with zero attached hydrogens (tertiary/aromatic N) is 3. The molecule has 0 bridgehead atoms. The molecule has 0 radical (unpaired) electrons. The van der Waals surface area contributed by atoms with E-state index in [1.807, 2.05) is 31.0 Å². The quantitative estimate of drug-likeness (QED) is 0.876. The molecule has 25 heavy (non-hydrogen) atoms. The first-order valence-corrected chi connectivity index (χ1v) is 8.76. The van der Waals surface area contributed by atoms with E-state index in [1.54, 1.807) is 11.8 Å². The highest BCUT2D eigenvalue weighted by Crippen LogP contribution is 2.23. The maximum Gasteiger partial charge on any atom is 0.226 e. The zero-order chi connectivity index (χ0) is 17.8. The number of nitrogens with one attached hydrogen (secondary N) is 1. The van der Waals surface area contributed by atoms with E-state index < -0.39 is 0 Å². The largest absolute Gasteiger partial charge is 0.481 e. The van der Waals surface area contributed by atoms with Crippen molar-refractivity contribution in [3.63, 3.8) is 0 Å². The van der Waals surface area contributed by atoms with Crippen molar-refractivity contribution >= 4 is 11.6 Å². The standard InChI is InChI=1S/C19H26N4O2/c1-14-17(19(25-3)22(2)21-14)13-20-12-15-7-6-8-16(11-15)23-10-5-4-9-18(23)24/h6-8,11,20H,4-5,9-10,12-13H2,1-3H3. The monoisotopic (exact) mass is 342 g/mol. The number of methoxy groups -OCH3 is 1. The molecular weight excluding hydrogens is 316 g/mol. The van der Waals surface area contributed by atoms with E-state index in [0.717, 1.165) is 54.3 Å². The van der Waals surface area contributed by atoms with Crippen LogP contribution in [0.3, 0.4) is 0 Å². The number of carbonyl (C=O) groups excluding carboxylic acids is 1. The number of amides is 1. The zero-order valence-electron chi connectivity index (χ0n) is 15.2.